The molecule has 0 aliphatic rings. The number of hydrogen-bond acceptors (Lipinski definition) is 5. The monoisotopic (exact) mass is 454 g/mol. The van der Waals surface area contributed by atoms with Crippen molar-refractivity contribution in [3.05, 3.63) is 47.0 Å². The van der Waals surface area contributed by atoms with E-state index in [2.05, 4.69) is 5.32 Å². The summed E-state index contributed by atoms with van der Waals surface area (Å²) in [7, 11) is -3.67. The molecule has 2 rings (SSSR count). The standard InChI is InChI=1S/C21H27ClN2O5S/c1-5-24(6-2)30(26,27)17-9-11-20(28-7-3)18(13-17)23-21(25)14-29-19-10-8-16(22)12-15(19)4/h8-13H,5-7,14H2,1-4H3,(H,23,25). The normalized spacial score (nSPS) is 11.4. The first-order valence-corrected chi connectivity index (χ1v) is 11.5. The van der Waals surface area contributed by atoms with Crippen molar-refractivity contribution in [1.82, 2.24) is 4.31 Å². The van der Waals surface area contributed by atoms with E-state index in [9.17, 15) is 13.2 Å². The van der Waals surface area contributed by atoms with Crippen LogP contribution in [0.5, 0.6) is 11.5 Å². The molecule has 0 heterocycles. The first-order valence-electron chi connectivity index (χ1n) is 9.68. The molecule has 0 aliphatic carbocycles. The lowest BCUT2D eigenvalue weighted by molar-refractivity contribution is -0.118. The minimum absolute atomic E-state index is 0.0828. The number of rotatable bonds is 10. The predicted molar refractivity (Wildman–Crippen MR) is 118 cm³/mol. The average Bonchev–Trinajstić information content (AvgIpc) is 2.69. The van der Waals surface area contributed by atoms with Crippen LogP contribution in [0.1, 0.15) is 26.3 Å². The second kappa shape index (κ2) is 10.7. The summed E-state index contributed by atoms with van der Waals surface area (Å²) in [5.74, 6) is 0.479. The molecule has 1 amide bonds. The Labute approximate surface area is 183 Å². The maximum absolute atomic E-state index is 12.8. The van der Waals surface area contributed by atoms with E-state index in [0.717, 1.165) is 5.56 Å². The van der Waals surface area contributed by atoms with Crippen LogP contribution in [0.2, 0.25) is 5.02 Å². The van der Waals surface area contributed by atoms with Crippen molar-refractivity contribution in [3.8, 4) is 11.5 Å². The van der Waals surface area contributed by atoms with Gasteiger partial charge in [-0.05, 0) is 55.8 Å². The molecule has 1 N–H and O–H groups in total. The fourth-order valence-corrected chi connectivity index (χ4v) is 4.58. The summed E-state index contributed by atoms with van der Waals surface area (Å²) in [5, 5.41) is 3.27. The van der Waals surface area contributed by atoms with Gasteiger partial charge < -0.3 is 14.8 Å². The number of carbonyl (C=O) groups excluding carboxylic acids is 1. The Kier molecular flexibility index (Phi) is 8.52. The minimum Gasteiger partial charge on any atom is -0.492 e. The van der Waals surface area contributed by atoms with Crippen molar-refractivity contribution in [2.45, 2.75) is 32.6 Å². The second-order valence-corrected chi connectivity index (χ2v) is 8.80. The van der Waals surface area contributed by atoms with Gasteiger partial charge >= 0.3 is 0 Å². The number of sulfonamides is 1. The van der Waals surface area contributed by atoms with Crippen LogP contribution in [0, 0.1) is 6.92 Å². The minimum atomic E-state index is -3.67. The molecule has 0 aromatic heterocycles. The van der Waals surface area contributed by atoms with Gasteiger partial charge in [-0.15, -0.1) is 0 Å². The maximum Gasteiger partial charge on any atom is 0.262 e. The highest BCUT2D eigenvalue weighted by atomic mass is 35.5. The SMILES string of the molecule is CCOc1ccc(S(=O)(=O)N(CC)CC)cc1NC(=O)COc1ccc(Cl)cc1C. The molecule has 0 fully saturated rings. The number of aryl methyl sites for hydroxylation is 1. The van der Waals surface area contributed by atoms with Gasteiger partial charge in [0.25, 0.3) is 5.91 Å². The van der Waals surface area contributed by atoms with E-state index in [1.165, 1.54) is 16.4 Å². The van der Waals surface area contributed by atoms with Gasteiger partial charge in [-0.2, -0.15) is 4.31 Å². The van der Waals surface area contributed by atoms with Crippen LogP contribution in [-0.4, -0.2) is 44.9 Å². The first kappa shape index (κ1) is 24.0. The van der Waals surface area contributed by atoms with Crippen LogP contribution < -0.4 is 14.8 Å². The van der Waals surface area contributed by atoms with Gasteiger partial charge in [0.1, 0.15) is 11.5 Å². The Morgan fingerprint density at radius 2 is 1.70 bits per heavy atom. The van der Waals surface area contributed by atoms with Gasteiger partial charge in [-0.3, -0.25) is 4.79 Å². The lowest BCUT2D eigenvalue weighted by Crippen LogP contribution is -2.30. The molecule has 0 saturated carbocycles. The molecule has 9 heteroatoms. The number of halogens is 1. The molecule has 2 aromatic carbocycles. The molecular formula is C21H27ClN2O5S. The number of amides is 1. The van der Waals surface area contributed by atoms with Crippen LogP contribution in [0.3, 0.4) is 0 Å². The predicted octanol–water partition coefficient (Wildman–Crippen LogP) is 4.10. The van der Waals surface area contributed by atoms with Crippen LogP contribution in [0.15, 0.2) is 41.3 Å². The number of benzene rings is 2. The quantitative estimate of drug-likeness (QED) is 0.584. The van der Waals surface area contributed by atoms with E-state index in [1.54, 1.807) is 45.0 Å². The zero-order valence-electron chi connectivity index (χ0n) is 17.6. The highest BCUT2D eigenvalue weighted by Crippen LogP contribution is 2.29. The Morgan fingerprint density at radius 3 is 2.30 bits per heavy atom. The van der Waals surface area contributed by atoms with E-state index in [4.69, 9.17) is 21.1 Å². The summed E-state index contributed by atoms with van der Waals surface area (Å²) in [4.78, 5) is 12.5. The number of carbonyl (C=O) groups is 1. The van der Waals surface area contributed by atoms with Gasteiger partial charge in [-0.1, -0.05) is 25.4 Å². The fourth-order valence-electron chi connectivity index (χ4n) is 2.87. The van der Waals surface area contributed by atoms with Gasteiger partial charge in [0.05, 0.1) is 17.2 Å². The first-order chi connectivity index (χ1) is 14.2. The van der Waals surface area contributed by atoms with E-state index in [-0.39, 0.29) is 17.2 Å². The number of ether oxygens (including phenoxy) is 2. The molecule has 0 aliphatic heterocycles. The van der Waals surface area contributed by atoms with Crippen LogP contribution in [0.4, 0.5) is 5.69 Å². The summed E-state index contributed by atoms with van der Waals surface area (Å²) in [6.07, 6.45) is 0. The van der Waals surface area contributed by atoms with Crippen molar-refractivity contribution in [3.63, 3.8) is 0 Å². The van der Waals surface area contributed by atoms with E-state index >= 15 is 0 Å². The third-order valence-corrected chi connectivity index (χ3v) is 6.64. The summed E-state index contributed by atoms with van der Waals surface area (Å²) >= 11 is 5.93. The van der Waals surface area contributed by atoms with Crippen molar-refractivity contribution in [1.29, 1.82) is 0 Å². The molecule has 30 heavy (non-hydrogen) atoms. The number of nitrogens with one attached hydrogen (secondary N) is 1. The molecule has 0 atom stereocenters. The lowest BCUT2D eigenvalue weighted by atomic mass is 10.2. The van der Waals surface area contributed by atoms with E-state index in [0.29, 0.717) is 36.2 Å². The summed E-state index contributed by atoms with van der Waals surface area (Å²) in [5.41, 5.74) is 1.07. The van der Waals surface area contributed by atoms with Gasteiger partial charge in [0.15, 0.2) is 6.61 Å². The van der Waals surface area contributed by atoms with E-state index < -0.39 is 15.9 Å². The van der Waals surface area contributed by atoms with Crippen molar-refractivity contribution in [2.24, 2.45) is 0 Å². The summed E-state index contributed by atoms with van der Waals surface area (Å²) in [6, 6.07) is 9.53. The molecule has 2 aromatic rings. The van der Waals surface area contributed by atoms with Crippen molar-refractivity contribution in [2.75, 3.05) is 31.6 Å². The van der Waals surface area contributed by atoms with Gasteiger partial charge in [0, 0.05) is 18.1 Å². The third-order valence-electron chi connectivity index (χ3n) is 4.36. The second-order valence-electron chi connectivity index (χ2n) is 6.43. The fraction of sp³-hybridized carbons (Fsp3) is 0.381. The zero-order chi connectivity index (χ0) is 22.3. The Hall–Kier alpha value is -2.29. The van der Waals surface area contributed by atoms with Gasteiger partial charge in [0.2, 0.25) is 10.0 Å². The van der Waals surface area contributed by atoms with E-state index in [1.807, 2.05) is 6.92 Å². The Balaban J connectivity index is 2.22. The number of anilines is 1. The number of hydrogen-bond donors (Lipinski definition) is 1. The molecule has 0 spiro atoms. The number of nitrogens with zero attached hydrogens (tertiary/aromatic N) is 1. The molecule has 0 unspecified atom stereocenters. The van der Waals surface area contributed by atoms with Gasteiger partial charge in [-0.25, -0.2) is 8.42 Å². The molecule has 7 nitrogen and oxygen atoms in total. The highest BCUT2D eigenvalue weighted by molar-refractivity contribution is 7.89. The maximum atomic E-state index is 12.8. The summed E-state index contributed by atoms with van der Waals surface area (Å²) < 4.78 is 38.1. The molecular weight excluding hydrogens is 428 g/mol. The summed E-state index contributed by atoms with van der Waals surface area (Å²) in [6.45, 7) is 7.99. The zero-order valence-corrected chi connectivity index (χ0v) is 19.1. The Bertz CT molecular complexity index is 991. The molecule has 164 valence electrons. The van der Waals surface area contributed by atoms with Crippen LogP contribution in [-0.2, 0) is 14.8 Å². The average molecular weight is 455 g/mol. The lowest BCUT2D eigenvalue weighted by Gasteiger charge is -2.20. The smallest absolute Gasteiger partial charge is 0.262 e. The highest BCUT2D eigenvalue weighted by Gasteiger charge is 2.23. The Morgan fingerprint density at radius 1 is 1.03 bits per heavy atom. The molecule has 0 saturated heterocycles. The molecule has 0 radical (unpaired) electrons. The van der Waals surface area contributed by atoms with Crippen LogP contribution in [0.25, 0.3) is 0 Å². The largest absolute Gasteiger partial charge is 0.492 e. The third kappa shape index (κ3) is 5.87. The van der Waals surface area contributed by atoms with Crippen molar-refractivity contribution >= 4 is 33.2 Å². The van der Waals surface area contributed by atoms with Crippen molar-refractivity contribution < 1.29 is 22.7 Å². The topological polar surface area (TPSA) is 84.9 Å². The van der Waals surface area contributed by atoms with Crippen LogP contribution >= 0.6 is 11.6 Å². The molecule has 0 bridgehead atoms.